The molecule has 0 saturated carbocycles. The minimum Gasteiger partial charge on any atom is -0.460 e. The van der Waals surface area contributed by atoms with Crippen LogP contribution in [-0.4, -0.2) is 17.5 Å². The second-order valence-corrected chi connectivity index (χ2v) is 8.51. The Kier molecular flexibility index (Phi) is 5.44. The zero-order chi connectivity index (χ0) is 22.1. The Bertz CT molecular complexity index is 1250. The summed E-state index contributed by atoms with van der Waals surface area (Å²) in [7, 11) is 0. The lowest BCUT2D eigenvalue weighted by Gasteiger charge is -2.35. The van der Waals surface area contributed by atoms with Crippen LogP contribution in [0, 0.1) is 5.92 Å². The van der Waals surface area contributed by atoms with Crippen molar-refractivity contribution in [1.29, 1.82) is 0 Å². The van der Waals surface area contributed by atoms with Gasteiger partial charge >= 0.3 is 5.97 Å². The summed E-state index contributed by atoms with van der Waals surface area (Å²) < 4.78 is 5.76. The molecular weight excluding hydrogens is 398 g/mol. The van der Waals surface area contributed by atoms with Gasteiger partial charge in [0.25, 0.3) is 0 Å². The normalized spacial score (nSPS) is 20.7. The monoisotopic (exact) mass is 423 g/mol. The number of ketones is 1. The molecule has 1 unspecified atom stereocenters. The molecule has 1 heterocycles. The molecule has 0 saturated heterocycles. The van der Waals surface area contributed by atoms with Crippen LogP contribution >= 0.6 is 0 Å². The van der Waals surface area contributed by atoms with Crippen LogP contribution in [0.25, 0.3) is 10.8 Å². The van der Waals surface area contributed by atoms with E-state index in [2.05, 4.69) is 18.2 Å². The maximum absolute atomic E-state index is 13.4. The standard InChI is InChI=1S/C28H25NO3/c1-18-25(28(31)32-17-19-9-3-2-4-10-19)26(27-23(29-18)15-8-16-24(27)30)22-14-7-12-20-11-5-6-13-21(20)22/h2-7,9-14,25-26H,8,15-17H2,1H3/t25?,26-/m0/s1. The highest BCUT2D eigenvalue weighted by Crippen LogP contribution is 2.45. The number of hydrogen-bond acceptors (Lipinski definition) is 4. The molecule has 160 valence electrons. The number of nitrogens with zero attached hydrogens (tertiary/aromatic N) is 1. The van der Waals surface area contributed by atoms with E-state index in [-0.39, 0.29) is 24.3 Å². The average Bonchev–Trinajstić information content (AvgIpc) is 2.82. The molecule has 0 aromatic heterocycles. The van der Waals surface area contributed by atoms with Gasteiger partial charge in [0.05, 0.1) is 0 Å². The molecule has 3 aromatic carbocycles. The summed E-state index contributed by atoms with van der Waals surface area (Å²) >= 11 is 0. The molecule has 3 aromatic rings. The van der Waals surface area contributed by atoms with Crippen LogP contribution in [0.2, 0.25) is 0 Å². The number of rotatable bonds is 4. The molecule has 0 fully saturated rings. The number of ether oxygens (including phenoxy) is 1. The molecule has 0 N–H and O–H groups in total. The molecule has 0 spiro atoms. The fourth-order valence-electron chi connectivity index (χ4n) is 4.99. The number of carbonyl (C=O) groups is 2. The first-order valence-corrected chi connectivity index (χ1v) is 11.1. The predicted octanol–water partition coefficient (Wildman–Crippen LogP) is 5.76. The van der Waals surface area contributed by atoms with Crippen molar-refractivity contribution in [1.82, 2.24) is 0 Å². The molecule has 0 radical (unpaired) electrons. The second-order valence-electron chi connectivity index (χ2n) is 8.51. The maximum Gasteiger partial charge on any atom is 0.315 e. The van der Waals surface area contributed by atoms with E-state index in [0.717, 1.165) is 46.1 Å². The third-order valence-corrected chi connectivity index (χ3v) is 6.47. The van der Waals surface area contributed by atoms with Crippen molar-refractivity contribution in [3.63, 3.8) is 0 Å². The van der Waals surface area contributed by atoms with Gasteiger partial charge in [0.1, 0.15) is 12.5 Å². The fraction of sp³-hybridized carbons (Fsp3) is 0.250. The Morgan fingerprint density at radius 3 is 2.56 bits per heavy atom. The molecular formula is C28H25NO3. The summed E-state index contributed by atoms with van der Waals surface area (Å²) in [6.45, 7) is 2.08. The van der Waals surface area contributed by atoms with E-state index in [1.54, 1.807) is 0 Å². The third kappa shape index (κ3) is 3.66. The van der Waals surface area contributed by atoms with Crippen molar-refractivity contribution in [2.24, 2.45) is 10.9 Å². The summed E-state index contributed by atoms with van der Waals surface area (Å²) in [5.74, 6) is -1.24. The van der Waals surface area contributed by atoms with Gasteiger partial charge in [-0.1, -0.05) is 72.8 Å². The molecule has 1 aliphatic carbocycles. The van der Waals surface area contributed by atoms with E-state index in [4.69, 9.17) is 9.73 Å². The summed E-state index contributed by atoms with van der Waals surface area (Å²) in [6.07, 6.45) is 2.08. The van der Waals surface area contributed by atoms with Crippen LogP contribution < -0.4 is 0 Å². The number of carbonyl (C=O) groups excluding carboxylic acids is 2. The lowest BCUT2D eigenvalue weighted by atomic mass is 9.71. The highest BCUT2D eigenvalue weighted by molar-refractivity contribution is 6.09. The molecule has 0 amide bonds. The highest BCUT2D eigenvalue weighted by atomic mass is 16.5. The molecule has 4 nitrogen and oxygen atoms in total. The largest absolute Gasteiger partial charge is 0.460 e. The van der Waals surface area contributed by atoms with Crippen molar-refractivity contribution in [2.45, 2.75) is 38.7 Å². The van der Waals surface area contributed by atoms with Crippen LogP contribution in [0.15, 0.2) is 89.1 Å². The van der Waals surface area contributed by atoms with Gasteiger partial charge in [0.2, 0.25) is 0 Å². The Morgan fingerprint density at radius 2 is 1.72 bits per heavy atom. The summed E-state index contributed by atoms with van der Waals surface area (Å²) in [5.41, 5.74) is 4.17. The van der Waals surface area contributed by atoms with Crippen LogP contribution in [0.3, 0.4) is 0 Å². The zero-order valence-corrected chi connectivity index (χ0v) is 18.1. The van der Waals surface area contributed by atoms with Crippen molar-refractivity contribution in [3.05, 3.63) is 95.2 Å². The van der Waals surface area contributed by atoms with Gasteiger partial charge in [-0.2, -0.15) is 0 Å². The number of Topliss-reactive ketones (excluding diaryl/α,β-unsaturated/α-hetero) is 1. The topological polar surface area (TPSA) is 55.7 Å². The molecule has 5 rings (SSSR count). The molecule has 2 atom stereocenters. The fourth-order valence-corrected chi connectivity index (χ4v) is 4.99. The minimum absolute atomic E-state index is 0.0984. The molecule has 0 bridgehead atoms. The van der Waals surface area contributed by atoms with Gasteiger partial charge < -0.3 is 4.74 Å². The van der Waals surface area contributed by atoms with Gasteiger partial charge in [-0.3, -0.25) is 14.6 Å². The number of fused-ring (bicyclic) bond motifs is 1. The third-order valence-electron chi connectivity index (χ3n) is 6.47. The maximum atomic E-state index is 13.4. The summed E-state index contributed by atoms with van der Waals surface area (Å²) in [5, 5.41) is 2.15. The first kappa shape index (κ1) is 20.4. The van der Waals surface area contributed by atoms with Crippen molar-refractivity contribution < 1.29 is 14.3 Å². The quantitative estimate of drug-likeness (QED) is 0.501. The van der Waals surface area contributed by atoms with E-state index >= 15 is 0 Å². The smallest absolute Gasteiger partial charge is 0.315 e. The van der Waals surface area contributed by atoms with Crippen LogP contribution in [0.5, 0.6) is 0 Å². The van der Waals surface area contributed by atoms with E-state index in [0.29, 0.717) is 12.0 Å². The molecule has 2 aliphatic rings. The van der Waals surface area contributed by atoms with E-state index in [1.807, 2.05) is 61.5 Å². The Morgan fingerprint density at radius 1 is 0.969 bits per heavy atom. The average molecular weight is 424 g/mol. The number of aliphatic imine (C=N–C) groups is 1. The van der Waals surface area contributed by atoms with Crippen molar-refractivity contribution >= 4 is 28.2 Å². The van der Waals surface area contributed by atoms with E-state index < -0.39 is 5.92 Å². The first-order valence-electron chi connectivity index (χ1n) is 11.1. The zero-order valence-electron chi connectivity index (χ0n) is 18.1. The van der Waals surface area contributed by atoms with Gasteiger partial charge in [-0.25, -0.2) is 0 Å². The molecule has 1 aliphatic heterocycles. The van der Waals surface area contributed by atoms with Gasteiger partial charge in [-0.15, -0.1) is 0 Å². The van der Waals surface area contributed by atoms with Gasteiger partial charge in [-0.05, 0) is 41.7 Å². The Labute approximate surface area is 187 Å². The lowest BCUT2D eigenvalue weighted by Crippen LogP contribution is -2.37. The minimum atomic E-state index is -0.620. The second kappa shape index (κ2) is 8.54. The Balaban J connectivity index is 1.60. The number of esters is 1. The highest BCUT2D eigenvalue weighted by Gasteiger charge is 2.43. The van der Waals surface area contributed by atoms with E-state index in [9.17, 15) is 9.59 Å². The molecule has 32 heavy (non-hydrogen) atoms. The SMILES string of the molecule is CC1=NC2=C(C(=O)CCC2)[C@@H](c2cccc3ccccc23)C1C(=O)OCc1ccccc1. The van der Waals surface area contributed by atoms with Crippen LogP contribution in [-0.2, 0) is 20.9 Å². The number of benzene rings is 3. The first-order chi connectivity index (χ1) is 15.6. The van der Waals surface area contributed by atoms with E-state index in [1.165, 1.54) is 0 Å². The number of allylic oxidation sites excluding steroid dienone is 2. The summed E-state index contributed by atoms with van der Waals surface area (Å²) in [4.78, 5) is 31.3. The Hall–Kier alpha value is -3.53. The molecule has 4 heteroatoms. The lowest BCUT2D eigenvalue weighted by molar-refractivity contribution is -0.147. The number of hydrogen-bond donors (Lipinski definition) is 0. The van der Waals surface area contributed by atoms with Gasteiger partial charge in [0, 0.05) is 29.3 Å². The van der Waals surface area contributed by atoms with Crippen molar-refractivity contribution in [2.75, 3.05) is 0 Å². The summed E-state index contributed by atoms with van der Waals surface area (Å²) in [6, 6.07) is 23.9. The van der Waals surface area contributed by atoms with Gasteiger partial charge in [0.15, 0.2) is 5.78 Å². The van der Waals surface area contributed by atoms with Crippen LogP contribution in [0.4, 0.5) is 0 Å². The van der Waals surface area contributed by atoms with Crippen molar-refractivity contribution in [3.8, 4) is 0 Å². The predicted molar refractivity (Wildman–Crippen MR) is 125 cm³/mol. The van der Waals surface area contributed by atoms with Crippen LogP contribution in [0.1, 0.15) is 43.2 Å².